The summed E-state index contributed by atoms with van der Waals surface area (Å²) in [7, 11) is -1.92. The molecule has 1 heterocycles. The lowest BCUT2D eigenvalue weighted by Gasteiger charge is -2.56. The highest BCUT2D eigenvalue weighted by Crippen LogP contribution is 2.60. The van der Waals surface area contributed by atoms with E-state index in [0.29, 0.717) is 36.1 Å². The highest BCUT2D eigenvalue weighted by atomic mass is 28.4. The lowest BCUT2D eigenvalue weighted by atomic mass is 9.50. The van der Waals surface area contributed by atoms with Crippen LogP contribution in [0.4, 0.5) is 0 Å². The molecule has 1 radical (unpaired) electrons. The minimum atomic E-state index is -1.92. The van der Waals surface area contributed by atoms with E-state index in [1.54, 1.807) is 0 Å². The standard InChI is InChI=1S/C33H50N5OSi/c1-22-14-15-27-28(19-35-37-34)29(16-23(2)31(22)27)33(6)18-24-20-38(26-12-10-9-11-13-26)36-30(24)17-25(33)21-39-40(7,8)32(3,4)5/h10-13,20,22-23,25,27-29,31H,14-19,21H2,1-8H3/t22-,23+,25+,27+,28-,29-,31+,33-/m0/s1. The minimum Gasteiger partial charge on any atom is -0.417 e. The smallest absolute Gasteiger partial charge is 0.191 e. The van der Waals surface area contributed by atoms with Gasteiger partial charge in [-0.1, -0.05) is 65.2 Å². The number of rotatable bonds is 7. The van der Waals surface area contributed by atoms with Crippen molar-refractivity contribution in [3.05, 3.63) is 58.2 Å². The van der Waals surface area contributed by atoms with Crippen molar-refractivity contribution < 1.29 is 4.43 Å². The van der Waals surface area contributed by atoms with E-state index in [9.17, 15) is 5.53 Å². The van der Waals surface area contributed by atoms with Gasteiger partial charge in [0.05, 0.1) is 11.4 Å². The molecule has 0 unspecified atom stereocenters. The molecule has 40 heavy (non-hydrogen) atoms. The molecule has 0 saturated heterocycles. The van der Waals surface area contributed by atoms with Crippen LogP contribution in [0.5, 0.6) is 0 Å². The molecule has 0 spiro atoms. The first-order chi connectivity index (χ1) is 18.9. The second-order valence-corrected chi connectivity index (χ2v) is 20.0. The zero-order valence-corrected chi connectivity index (χ0v) is 27.0. The maximum Gasteiger partial charge on any atom is 0.191 e. The van der Waals surface area contributed by atoms with E-state index in [-0.39, 0.29) is 10.5 Å². The minimum absolute atomic E-state index is 0.0500. The lowest BCUT2D eigenvalue weighted by Crippen LogP contribution is -2.53. The Hall–Kier alpha value is -2.08. The molecule has 1 aromatic heterocycles. The van der Waals surface area contributed by atoms with Crippen LogP contribution in [0, 0.1) is 52.9 Å². The van der Waals surface area contributed by atoms with Gasteiger partial charge in [0.25, 0.3) is 0 Å². The highest BCUT2D eigenvalue weighted by molar-refractivity contribution is 6.74. The summed E-state index contributed by atoms with van der Waals surface area (Å²) < 4.78 is 9.05. The fourth-order valence-electron chi connectivity index (χ4n) is 8.58. The van der Waals surface area contributed by atoms with Crippen LogP contribution in [-0.2, 0) is 17.3 Å². The number of hydrogen-bond acceptors (Lipinski definition) is 3. The summed E-state index contributed by atoms with van der Waals surface area (Å²) in [5, 5.41) is 9.54. The van der Waals surface area contributed by atoms with Gasteiger partial charge in [0.2, 0.25) is 0 Å². The molecule has 5 rings (SSSR count). The van der Waals surface area contributed by atoms with Crippen molar-refractivity contribution in [2.24, 2.45) is 52.0 Å². The van der Waals surface area contributed by atoms with Gasteiger partial charge in [0.15, 0.2) is 8.32 Å². The SMILES string of the molecule is C[C@@H]1C[C@H]([C@@]2(C)Cc3cn(-c4cc[c]cc4)nc3C[C@@H]2CO[Si](C)(C)C(C)(C)C)[C@@H](CN=[N+]=[N-])[C@H]2CC[C@H](C)[C@@H]21. The zero-order valence-electron chi connectivity index (χ0n) is 26.0. The summed E-state index contributed by atoms with van der Waals surface area (Å²) in [6.45, 7) is 20.6. The first-order valence-corrected chi connectivity index (χ1v) is 18.4. The largest absolute Gasteiger partial charge is 0.417 e. The summed E-state index contributed by atoms with van der Waals surface area (Å²) in [5.41, 5.74) is 13.1. The van der Waals surface area contributed by atoms with Crippen LogP contribution in [-0.4, -0.2) is 31.2 Å². The molecule has 6 nitrogen and oxygen atoms in total. The van der Waals surface area contributed by atoms with E-state index in [4.69, 9.17) is 9.52 Å². The Morgan fingerprint density at radius 2 is 1.93 bits per heavy atom. The van der Waals surface area contributed by atoms with Gasteiger partial charge >= 0.3 is 0 Å². The monoisotopic (exact) mass is 560 g/mol. The van der Waals surface area contributed by atoms with Crippen molar-refractivity contribution in [1.29, 1.82) is 0 Å². The Morgan fingerprint density at radius 1 is 1.20 bits per heavy atom. The van der Waals surface area contributed by atoms with Gasteiger partial charge in [-0.05, 0) is 120 Å². The van der Waals surface area contributed by atoms with Crippen molar-refractivity contribution in [3.63, 3.8) is 0 Å². The van der Waals surface area contributed by atoms with Crippen LogP contribution in [0.1, 0.15) is 72.1 Å². The fourth-order valence-corrected chi connectivity index (χ4v) is 9.64. The van der Waals surface area contributed by atoms with Crippen LogP contribution in [0.2, 0.25) is 18.1 Å². The summed E-state index contributed by atoms with van der Waals surface area (Å²) in [4.78, 5) is 3.26. The number of aromatic nitrogens is 2. The average Bonchev–Trinajstić information content (AvgIpc) is 3.50. The molecule has 1 aromatic carbocycles. The summed E-state index contributed by atoms with van der Waals surface area (Å²) >= 11 is 0. The van der Waals surface area contributed by atoms with E-state index >= 15 is 0 Å². The van der Waals surface area contributed by atoms with E-state index in [1.165, 1.54) is 30.5 Å². The highest BCUT2D eigenvalue weighted by Gasteiger charge is 2.56. The number of nitrogens with zero attached hydrogens (tertiary/aromatic N) is 5. The van der Waals surface area contributed by atoms with Crippen molar-refractivity contribution in [3.8, 4) is 5.69 Å². The number of fused-ring (bicyclic) bond motifs is 2. The first kappa shape index (κ1) is 29.4. The number of azide groups is 1. The predicted molar refractivity (Wildman–Crippen MR) is 165 cm³/mol. The van der Waals surface area contributed by atoms with E-state index in [1.807, 2.05) is 12.1 Å². The number of benzene rings is 1. The molecule has 217 valence electrons. The maximum atomic E-state index is 9.37. The Labute approximate surface area is 243 Å². The van der Waals surface area contributed by atoms with Crippen LogP contribution in [0.15, 0.2) is 35.6 Å². The van der Waals surface area contributed by atoms with Crippen LogP contribution in [0.3, 0.4) is 0 Å². The van der Waals surface area contributed by atoms with Gasteiger partial charge in [-0.3, -0.25) is 0 Å². The van der Waals surface area contributed by atoms with E-state index in [0.717, 1.165) is 37.0 Å². The Kier molecular flexibility index (Phi) is 8.06. The van der Waals surface area contributed by atoms with Crippen LogP contribution >= 0.6 is 0 Å². The normalized spacial score (nSPS) is 34.1. The van der Waals surface area contributed by atoms with Crippen molar-refractivity contribution in [2.45, 2.75) is 91.8 Å². The topological polar surface area (TPSA) is 75.8 Å². The van der Waals surface area contributed by atoms with Gasteiger partial charge in [-0.15, -0.1) is 0 Å². The third-order valence-electron chi connectivity index (χ3n) is 11.9. The van der Waals surface area contributed by atoms with Gasteiger partial charge in [0.1, 0.15) is 0 Å². The Balaban J connectivity index is 1.54. The quantitative estimate of drug-likeness (QED) is 0.147. The fraction of sp³-hybridized carbons (Fsp3) is 0.727. The zero-order chi connectivity index (χ0) is 28.9. The second-order valence-electron chi connectivity index (χ2n) is 15.2. The Bertz CT molecular complexity index is 1230. The molecule has 0 bridgehead atoms. The van der Waals surface area contributed by atoms with Gasteiger partial charge in [0, 0.05) is 24.3 Å². The van der Waals surface area contributed by atoms with E-state index in [2.05, 4.69) is 93.7 Å². The van der Waals surface area contributed by atoms with Crippen molar-refractivity contribution >= 4 is 8.32 Å². The second kappa shape index (κ2) is 11.0. The van der Waals surface area contributed by atoms with Gasteiger partial charge < -0.3 is 4.43 Å². The third-order valence-corrected chi connectivity index (χ3v) is 16.4. The molecule has 2 saturated carbocycles. The molecular formula is C33H50N5OSi. The van der Waals surface area contributed by atoms with Gasteiger partial charge in [-0.2, -0.15) is 5.10 Å². The summed E-state index contributed by atoms with van der Waals surface area (Å²) in [6, 6.07) is 11.2. The third kappa shape index (κ3) is 5.30. The van der Waals surface area contributed by atoms with Crippen LogP contribution in [0.25, 0.3) is 16.1 Å². The summed E-state index contributed by atoms with van der Waals surface area (Å²) in [6.07, 6.45) is 8.00. The maximum absolute atomic E-state index is 9.37. The van der Waals surface area contributed by atoms with Crippen LogP contribution < -0.4 is 0 Å². The molecule has 8 atom stereocenters. The first-order valence-electron chi connectivity index (χ1n) is 15.5. The molecule has 3 aliphatic carbocycles. The molecule has 0 amide bonds. The molecule has 0 N–H and O–H groups in total. The lowest BCUT2D eigenvalue weighted by molar-refractivity contribution is -0.0592. The predicted octanol–water partition coefficient (Wildman–Crippen LogP) is 8.66. The number of hydrogen-bond donors (Lipinski definition) is 0. The molecule has 2 fully saturated rings. The Morgan fingerprint density at radius 3 is 2.60 bits per heavy atom. The molecule has 7 heteroatoms. The average molecular weight is 561 g/mol. The van der Waals surface area contributed by atoms with Crippen molar-refractivity contribution in [2.75, 3.05) is 13.2 Å². The molecular weight excluding hydrogens is 510 g/mol. The van der Waals surface area contributed by atoms with Gasteiger partial charge in [-0.25, -0.2) is 4.68 Å². The summed E-state index contributed by atoms with van der Waals surface area (Å²) in [5.74, 6) is 4.16. The molecule has 3 aliphatic rings. The van der Waals surface area contributed by atoms with E-state index < -0.39 is 8.32 Å². The molecule has 2 aromatic rings. The molecule has 0 aliphatic heterocycles. The van der Waals surface area contributed by atoms with Crippen molar-refractivity contribution in [1.82, 2.24) is 9.78 Å².